The van der Waals surface area contributed by atoms with Crippen molar-refractivity contribution in [2.24, 2.45) is 7.05 Å². The lowest BCUT2D eigenvalue weighted by Gasteiger charge is -2.46. The predicted molar refractivity (Wildman–Crippen MR) is 87.0 cm³/mol. The summed E-state index contributed by atoms with van der Waals surface area (Å²) in [6, 6.07) is 1.84. The number of urea groups is 1. The Hall–Kier alpha value is -1.56. The first-order valence-electron chi connectivity index (χ1n) is 7.91. The van der Waals surface area contributed by atoms with Gasteiger partial charge < -0.3 is 9.64 Å². The molecule has 124 valence electrons. The molecule has 0 atom stereocenters. The van der Waals surface area contributed by atoms with E-state index in [9.17, 15) is 4.79 Å². The summed E-state index contributed by atoms with van der Waals surface area (Å²) in [6.45, 7) is 11.3. The van der Waals surface area contributed by atoms with Gasteiger partial charge in [0.25, 0.3) is 0 Å². The minimum Gasteiger partial charge on any atom is -0.366 e. The SMILES string of the molecule is CCCc1cc(NC(=O)N2CC(C)(C)OC(C)(C)C2)n(C)n1. The van der Waals surface area contributed by atoms with Crippen molar-refractivity contribution in [1.29, 1.82) is 0 Å². The number of nitrogens with zero attached hydrogens (tertiary/aromatic N) is 3. The van der Waals surface area contributed by atoms with Crippen LogP contribution in [0.2, 0.25) is 0 Å². The summed E-state index contributed by atoms with van der Waals surface area (Å²) in [6.07, 6.45) is 1.96. The molecule has 0 spiro atoms. The second-order valence-electron chi connectivity index (χ2n) is 7.30. The quantitative estimate of drug-likeness (QED) is 0.934. The van der Waals surface area contributed by atoms with Crippen molar-refractivity contribution < 1.29 is 9.53 Å². The van der Waals surface area contributed by atoms with Crippen molar-refractivity contribution in [3.8, 4) is 0 Å². The van der Waals surface area contributed by atoms with E-state index in [4.69, 9.17) is 4.74 Å². The molecule has 1 aromatic heterocycles. The molecule has 0 saturated carbocycles. The van der Waals surface area contributed by atoms with Crippen molar-refractivity contribution >= 4 is 11.8 Å². The zero-order valence-electron chi connectivity index (χ0n) is 14.6. The van der Waals surface area contributed by atoms with Gasteiger partial charge in [0.05, 0.1) is 30.0 Å². The first-order valence-corrected chi connectivity index (χ1v) is 7.91. The minimum atomic E-state index is -0.348. The van der Waals surface area contributed by atoms with Crippen LogP contribution in [0.1, 0.15) is 46.7 Å². The molecule has 2 heterocycles. The highest BCUT2D eigenvalue weighted by Gasteiger charge is 2.40. The summed E-state index contributed by atoms with van der Waals surface area (Å²) in [7, 11) is 1.85. The van der Waals surface area contributed by atoms with E-state index >= 15 is 0 Å². The van der Waals surface area contributed by atoms with Gasteiger partial charge in [-0.05, 0) is 34.1 Å². The van der Waals surface area contributed by atoms with Crippen LogP contribution in [0.15, 0.2) is 6.07 Å². The number of carbonyl (C=O) groups excluding carboxylic acids is 1. The average molecular weight is 308 g/mol. The first-order chi connectivity index (χ1) is 10.1. The Morgan fingerprint density at radius 1 is 1.32 bits per heavy atom. The van der Waals surface area contributed by atoms with Gasteiger partial charge in [-0.25, -0.2) is 4.79 Å². The van der Waals surface area contributed by atoms with Crippen LogP contribution < -0.4 is 5.32 Å². The summed E-state index contributed by atoms with van der Waals surface area (Å²) >= 11 is 0. The molecule has 0 radical (unpaired) electrons. The summed E-state index contributed by atoms with van der Waals surface area (Å²) < 4.78 is 7.73. The Kier molecular flexibility index (Phi) is 4.52. The lowest BCUT2D eigenvalue weighted by Crippen LogP contribution is -2.59. The largest absolute Gasteiger partial charge is 0.366 e. The lowest BCUT2D eigenvalue weighted by atomic mass is 9.99. The normalized spacial score (nSPS) is 20.0. The molecule has 2 rings (SSSR count). The number of hydrogen-bond donors (Lipinski definition) is 1. The number of morpholine rings is 1. The number of aromatic nitrogens is 2. The maximum Gasteiger partial charge on any atom is 0.323 e. The molecule has 1 aliphatic heterocycles. The van der Waals surface area contributed by atoms with E-state index < -0.39 is 0 Å². The van der Waals surface area contributed by atoms with E-state index in [0.717, 1.165) is 24.4 Å². The highest BCUT2D eigenvalue weighted by Crippen LogP contribution is 2.28. The monoisotopic (exact) mass is 308 g/mol. The third-order valence-electron chi connectivity index (χ3n) is 3.65. The van der Waals surface area contributed by atoms with E-state index in [-0.39, 0.29) is 17.2 Å². The molecule has 1 saturated heterocycles. The molecule has 0 unspecified atom stereocenters. The van der Waals surface area contributed by atoms with Crippen molar-refractivity contribution in [3.05, 3.63) is 11.8 Å². The number of anilines is 1. The number of amides is 2. The van der Waals surface area contributed by atoms with Crippen LogP contribution in [0.3, 0.4) is 0 Å². The van der Waals surface area contributed by atoms with Crippen LogP contribution in [0.4, 0.5) is 10.6 Å². The van der Waals surface area contributed by atoms with Crippen LogP contribution >= 0.6 is 0 Å². The van der Waals surface area contributed by atoms with Crippen LogP contribution in [0.25, 0.3) is 0 Å². The Labute approximate surface area is 132 Å². The smallest absolute Gasteiger partial charge is 0.323 e. The van der Waals surface area contributed by atoms with Gasteiger partial charge in [-0.15, -0.1) is 0 Å². The molecule has 0 aromatic carbocycles. The van der Waals surface area contributed by atoms with E-state index in [2.05, 4.69) is 17.3 Å². The van der Waals surface area contributed by atoms with Crippen molar-refractivity contribution in [2.75, 3.05) is 18.4 Å². The van der Waals surface area contributed by atoms with Gasteiger partial charge in [0, 0.05) is 13.1 Å². The van der Waals surface area contributed by atoms with E-state index in [1.54, 1.807) is 4.68 Å². The Morgan fingerprint density at radius 3 is 2.45 bits per heavy atom. The summed E-state index contributed by atoms with van der Waals surface area (Å²) in [5.41, 5.74) is 0.306. The van der Waals surface area contributed by atoms with Crippen LogP contribution in [-0.4, -0.2) is 45.0 Å². The molecule has 1 aromatic rings. The molecule has 0 bridgehead atoms. The molecule has 0 aliphatic carbocycles. The number of aryl methyl sites for hydroxylation is 2. The topological polar surface area (TPSA) is 59.4 Å². The lowest BCUT2D eigenvalue weighted by molar-refractivity contribution is -0.169. The van der Waals surface area contributed by atoms with Crippen LogP contribution in [0, 0.1) is 0 Å². The fourth-order valence-corrected chi connectivity index (χ4v) is 3.14. The van der Waals surface area contributed by atoms with Gasteiger partial charge in [-0.3, -0.25) is 10.00 Å². The second kappa shape index (κ2) is 5.91. The van der Waals surface area contributed by atoms with Crippen LogP contribution in [-0.2, 0) is 18.2 Å². The third kappa shape index (κ3) is 4.00. The van der Waals surface area contributed by atoms with Gasteiger partial charge >= 0.3 is 6.03 Å². The Balaban J connectivity index is 2.08. The van der Waals surface area contributed by atoms with Crippen LogP contribution in [0.5, 0.6) is 0 Å². The number of hydrogen-bond acceptors (Lipinski definition) is 3. The van der Waals surface area contributed by atoms with E-state index in [0.29, 0.717) is 13.1 Å². The number of ether oxygens (including phenoxy) is 1. The van der Waals surface area contributed by atoms with Crippen molar-refractivity contribution in [1.82, 2.24) is 14.7 Å². The highest BCUT2D eigenvalue weighted by atomic mass is 16.5. The van der Waals surface area contributed by atoms with Gasteiger partial charge in [0.15, 0.2) is 0 Å². The standard InChI is InChI=1S/C16H28N4O2/c1-7-8-12-9-13(19(6)18-12)17-14(21)20-10-15(2,3)22-16(4,5)11-20/h9H,7-8,10-11H2,1-6H3,(H,17,21). The molecule has 1 aliphatic rings. The van der Waals surface area contributed by atoms with Gasteiger partial charge in [0.2, 0.25) is 0 Å². The molecule has 1 N–H and O–H groups in total. The Morgan fingerprint density at radius 2 is 1.91 bits per heavy atom. The van der Waals surface area contributed by atoms with E-state index in [1.165, 1.54) is 0 Å². The maximum absolute atomic E-state index is 12.6. The molecular weight excluding hydrogens is 280 g/mol. The third-order valence-corrected chi connectivity index (χ3v) is 3.65. The van der Waals surface area contributed by atoms with Crippen molar-refractivity contribution in [2.45, 2.75) is 58.7 Å². The number of carbonyl (C=O) groups is 1. The predicted octanol–water partition coefficient (Wildman–Crippen LogP) is 2.79. The molecule has 6 nitrogen and oxygen atoms in total. The van der Waals surface area contributed by atoms with Crippen molar-refractivity contribution in [3.63, 3.8) is 0 Å². The highest BCUT2D eigenvalue weighted by molar-refractivity contribution is 5.88. The fraction of sp³-hybridized carbons (Fsp3) is 0.750. The molecule has 6 heteroatoms. The number of nitrogens with one attached hydrogen (secondary N) is 1. The molecule has 2 amide bonds. The average Bonchev–Trinajstić information content (AvgIpc) is 2.66. The van der Waals surface area contributed by atoms with E-state index in [1.807, 2.05) is 45.7 Å². The molecule has 22 heavy (non-hydrogen) atoms. The maximum atomic E-state index is 12.6. The minimum absolute atomic E-state index is 0.101. The first kappa shape index (κ1) is 16.8. The summed E-state index contributed by atoms with van der Waals surface area (Å²) in [5, 5.41) is 7.38. The summed E-state index contributed by atoms with van der Waals surface area (Å²) in [4.78, 5) is 14.4. The fourth-order valence-electron chi connectivity index (χ4n) is 3.14. The Bertz CT molecular complexity index is 532. The van der Waals surface area contributed by atoms with Gasteiger partial charge in [-0.2, -0.15) is 5.10 Å². The van der Waals surface area contributed by atoms with Gasteiger partial charge in [-0.1, -0.05) is 13.3 Å². The zero-order valence-corrected chi connectivity index (χ0v) is 14.6. The second-order valence-corrected chi connectivity index (χ2v) is 7.30. The number of rotatable bonds is 3. The molecular formula is C16H28N4O2. The van der Waals surface area contributed by atoms with Gasteiger partial charge in [0.1, 0.15) is 5.82 Å². The zero-order chi connectivity index (χ0) is 16.5. The summed E-state index contributed by atoms with van der Waals surface area (Å²) in [5.74, 6) is 0.732. The molecule has 1 fully saturated rings.